The van der Waals surface area contributed by atoms with Gasteiger partial charge in [0.15, 0.2) is 12.6 Å². The molecule has 252 valence electrons. The van der Waals surface area contributed by atoms with Crippen molar-refractivity contribution in [1.29, 1.82) is 0 Å². The van der Waals surface area contributed by atoms with Gasteiger partial charge in [0.05, 0.1) is 24.9 Å². The van der Waals surface area contributed by atoms with Crippen LogP contribution in [0.2, 0.25) is 0 Å². The molecule has 5 aliphatic carbocycles. The Balaban J connectivity index is 1.02. The molecule has 45 heavy (non-hydrogen) atoms. The molecule has 0 aromatic rings. The Hall–Kier alpha value is -0.660. The van der Waals surface area contributed by atoms with E-state index in [0.717, 1.165) is 38.5 Å². The molecular formula is C35H52O10. The molecule has 18 unspecified atom stereocenters. The number of epoxide rings is 1. The molecule has 4 heterocycles. The third kappa shape index (κ3) is 3.32. The van der Waals surface area contributed by atoms with E-state index in [1.807, 2.05) is 6.92 Å². The van der Waals surface area contributed by atoms with Gasteiger partial charge >= 0.3 is 0 Å². The van der Waals surface area contributed by atoms with Gasteiger partial charge in [-0.1, -0.05) is 46.3 Å². The highest BCUT2D eigenvalue weighted by Crippen LogP contribution is 2.88. The van der Waals surface area contributed by atoms with E-state index in [4.69, 9.17) is 23.7 Å². The Labute approximate surface area is 265 Å². The first-order chi connectivity index (χ1) is 21.0. The zero-order valence-electron chi connectivity index (χ0n) is 27.4. The van der Waals surface area contributed by atoms with Gasteiger partial charge in [-0.05, 0) is 73.0 Å². The highest BCUT2D eigenvalue weighted by atomic mass is 16.8. The second-order valence-corrected chi connectivity index (χ2v) is 17.9. The smallest absolute Gasteiger partial charge is 0.201 e. The lowest BCUT2D eigenvalue weighted by atomic mass is 9.44. The number of hydrogen-bond acceptors (Lipinski definition) is 10. The molecule has 4 saturated heterocycles. The molecule has 0 amide bonds. The third-order valence-electron chi connectivity index (χ3n) is 15.8. The molecule has 9 rings (SSSR count). The molecule has 3 spiro atoms. The number of aliphatic hydroxyl groups excluding tert-OH is 5. The summed E-state index contributed by atoms with van der Waals surface area (Å²) in [5.41, 5.74) is 0.200. The largest absolute Gasteiger partial charge is 0.392 e. The molecule has 18 atom stereocenters. The SMILES string of the molecule is CC1CC2(OC3CC4(C)C5=CCC6C(C)(C)C(OC7OCC(O)C(O)C7O)CC(O)C67CC57CCC4(C)C13)OC(O)C1(C)OC21. The van der Waals surface area contributed by atoms with Crippen LogP contribution in [0.15, 0.2) is 11.6 Å². The van der Waals surface area contributed by atoms with Crippen molar-refractivity contribution < 1.29 is 49.2 Å². The lowest BCUT2D eigenvalue weighted by Crippen LogP contribution is -2.61. The normalized spacial score (nSPS) is 65.1. The lowest BCUT2D eigenvalue weighted by Gasteiger charge is -2.61. The van der Waals surface area contributed by atoms with Gasteiger partial charge in [0.2, 0.25) is 5.79 Å². The Kier molecular flexibility index (Phi) is 5.90. The predicted molar refractivity (Wildman–Crippen MR) is 158 cm³/mol. The Morgan fingerprint density at radius 1 is 0.911 bits per heavy atom. The van der Waals surface area contributed by atoms with Gasteiger partial charge in [0, 0.05) is 23.7 Å². The molecular weight excluding hydrogens is 580 g/mol. The summed E-state index contributed by atoms with van der Waals surface area (Å²) in [5.74, 6) is 0.0166. The van der Waals surface area contributed by atoms with E-state index in [0.29, 0.717) is 18.3 Å². The average molecular weight is 633 g/mol. The van der Waals surface area contributed by atoms with Crippen molar-refractivity contribution in [3.8, 4) is 0 Å². The van der Waals surface area contributed by atoms with Crippen molar-refractivity contribution in [2.24, 2.45) is 44.8 Å². The summed E-state index contributed by atoms with van der Waals surface area (Å²) in [6.07, 6.45) is 1.49. The first kappa shape index (κ1) is 30.4. The first-order valence-corrected chi connectivity index (χ1v) is 17.4. The van der Waals surface area contributed by atoms with Gasteiger partial charge in [-0.15, -0.1) is 0 Å². The minimum absolute atomic E-state index is 0.00673. The highest BCUT2D eigenvalue weighted by Gasteiger charge is 2.85. The monoisotopic (exact) mass is 632 g/mol. The van der Waals surface area contributed by atoms with Crippen molar-refractivity contribution >= 4 is 0 Å². The predicted octanol–water partition coefficient (Wildman–Crippen LogP) is 2.38. The van der Waals surface area contributed by atoms with Crippen molar-refractivity contribution in [2.75, 3.05) is 6.61 Å². The van der Waals surface area contributed by atoms with E-state index in [9.17, 15) is 25.5 Å². The van der Waals surface area contributed by atoms with Gasteiger partial charge in [-0.25, -0.2) is 0 Å². The number of hydrogen-bond donors (Lipinski definition) is 5. The van der Waals surface area contributed by atoms with Crippen molar-refractivity contribution in [3.05, 3.63) is 11.6 Å². The fourth-order valence-electron chi connectivity index (χ4n) is 13.4. The number of allylic oxidation sites excluding steroid dienone is 2. The van der Waals surface area contributed by atoms with Crippen LogP contribution in [-0.2, 0) is 23.7 Å². The van der Waals surface area contributed by atoms with Crippen molar-refractivity contribution in [2.45, 2.75) is 153 Å². The third-order valence-corrected chi connectivity index (χ3v) is 15.8. The number of aliphatic hydroxyl groups is 5. The molecule has 4 aliphatic heterocycles. The van der Waals surface area contributed by atoms with Crippen LogP contribution in [0.4, 0.5) is 0 Å². The van der Waals surface area contributed by atoms with Gasteiger partial charge in [-0.3, -0.25) is 0 Å². The van der Waals surface area contributed by atoms with Crippen LogP contribution in [0.25, 0.3) is 0 Å². The topological polar surface area (TPSA) is 151 Å². The molecule has 0 radical (unpaired) electrons. The molecule has 4 saturated carbocycles. The number of ether oxygens (including phenoxy) is 5. The Morgan fingerprint density at radius 3 is 2.36 bits per heavy atom. The first-order valence-electron chi connectivity index (χ1n) is 17.4. The van der Waals surface area contributed by atoms with E-state index < -0.39 is 48.4 Å². The van der Waals surface area contributed by atoms with E-state index in [2.05, 4.69) is 40.7 Å². The minimum Gasteiger partial charge on any atom is -0.392 e. The zero-order valence-corrected chi connectivity index (χ0v) is 27.4. The van der Waals surface area contributed by atoms with Crippen LogP contribution in [0.5, 0.6) is 0 Å². The van der Waals surface area contributed by atoms with E-state index in [-0.39, 0.29) is 57.9 Å². The summed E-state index contributed by atoms with van der Waals surface area (Å²) < 4.78 is 31.1. The standard InChI is InChI=1S/C35H52O10/c1-16-12-35(27-32(6,44-27)28(40)45-35)43-18-13-31(5)20-8-7-19-29(2,3)22(42-26-25(39)24(38)17(36)14-41-26)11-21(37)34(19)15-33(20,34)10-9-30(31,4)23(16)18/h8,16-19,21-28,36-40H,7,9-15H2,1-6H3. The second-order valence-electron chi connectivity index (χ2n) is 17.9. The van der Waals surface area contributed by atoms with Crippen molar-refractivity contribution in [3.63, 3.8) is 0 Å². The van der Waals surface area contributed by atoms with E-state index in [1.54, 1.807) is 0 Å². The molecule has 0 bridgehead atoms. The number of rotatable bonds is 2. The summed E-state index contributed by atoms with van der Waals surface area (Å²) >= 11 is 0. The van der Waals surface area contributed by atoms with Crippen molar-refractivity contribution in [1.82, 2.24) is 0 Å². The summed E-state index contributed by atoms with van der Waals surface area (Å²) in [4.78, 5) is 0. The van der Waals surface area contributed by atoms with Crippen LogP contribution < -0.4 is 0 Å². The van der Waals surface area contributed by atoms with Crippen LogP contribution in [0.1, 0.15) is 86.5 Å². The Morgan fingerprint density at radius 2 is 1.67 bits per heavy atom. The van der Waals surface area contributed by atoms with E-state index in [1.165, 1.54) is 5.57 Å². The van der Waals surface area contributed by atoms with Gasteiger partial charge < -0.3 is 49.2 Å². The fraction of sp³-hybridized carbons (Fsp3) is 0.943. The highest BCUT2D eigenvalue weighted by molar-refractivity contribution is 5.47. The minimum atomic E-state index is -1.36. The van der Waals surface area contributed by atoms with Gasteiger partial charge in [-0.2, -0.15) is 0 Å². The van der Waals surface area contributed by atoms with Crippen LogP contribution in [0, 0.1) is 44.8 Å². The van der Waals surface area contributed by atoms with Crippen LogP contribution >= 0.6 is 0 Å². The molecule has 10 nitrogen and oxygen atoms in total. The maximum Gasteiger partial charge on any atom is 0.201 e. The molecule has 0 aromatic heterocycles. The second kappa shape index (κ2) is 8.73. The summed E-state index contributed by atoms with van der Waals surface area (Å²) in [7, 11) is 0. The maximum absolute atomic E-state index is 12.1. The molecule has 10 heteroatoms. The summed E-state index contributed by atoms with van der Waals surface area (Å²) in [6.45, 7) is 13.5. The molecule has 8 fully saturated rings. The fourth-order valence-corrected chi connectivity index (χ4v) is 13.4. The van der Waals surface area contributed by atoms with Gasteiger partial charge in [0.25, 0.3) is 0 Å². The van der Waals surface area contributed by atoms with Gasteiger partial charge in [0.1, 0.15) is 30.0 Å². The average Bonchev–Trinajstić information content (AvgIpc) is 3.82. The maximum atomic E-state index is 12.1. The quantitative estimate of drug-likeness (QED) is 0.227. The zero-order chi connectivity index (χ0) is 31.9. The summed E-state index contributed by atoms with van der Waals surface area (Å²) in [5, 5.41) is 53.6. The Bertz CT molecular complexity index is 1340. The lowest BCUT2D eigenvalue weighted by molar-refractivity contribution is -0.344. The van der Waals surface area contributed by atoms with E-state index >= 15 is 0 Å². The molecule has 9 aliphatic rings. The molecule has 5 N–H and O–H groups in total. The number of fused-ring (bicyclic) bond motifs is 6. The van der Waals surface area contributed by atoms with Crippen LogP contribution in [-0.4, -0.2) is 98.8 Å². The molecule has 0 aromatic carbocycles. The van der Waals surface area contributed by atoms with Crippen LogP contribution in [0.3, 0.4) is 0 Å². The summed E-state index contributed by atoms with van der Waals surface area (Å²) in [6, 6.07) is 0.